The molecule has 1 fully saturated rings. The number of aromatic nitrogens is 1. The summed E-state index contributed by atoms with van der Waals surface area (Å²) >= 11 is 5.83. The summed E-state index contributed by atoms with van der Waals surface area (Å²) in [6.07, 6.45) is 1.61. The third kappa shape index (κ3) is 3.63. The second-order valence-corrected chi connectivity index (χ2v) is 6.03. The zero-order chi connectivity index (χ0) is 17.1. The van der Waals surface area contributed by atoms with Crippen LogP contribution >= 0.6 is 11.6 Å². The van der Waals surface area contributed by atoms with Crippen molar-refractivity contribution >= 4 is 23.0 Å². The topological polar surface area (TPSA) is 62.5 Å². The number of nitro benzene ring substituents is 1. The van der Waals surface area contributed by atoms with E-state index in [1.807, 2.05) is 11.0 Å². The Bertz CT molecular complexity index is 733. The fourth-order valence-electron chi connectivity index (χ4n) is 2.82. The Balaban J connectivity index is 1.66. The van der Waals surface area contributed by atoms with Gasteiger partial charge in [-0.1, -0.05) is 17.7 Å². The predicted molar refractivity (Wildman–Crippen MR) is 89.8 cm³/mol. The molecule has 0 amide bonds. The SMILES string of the molecule is O=[N+]([O-])c1c(F)cccc1N1CCN(Cc2ccc(Cl)cn2)CC1. The van der Waals surface area contributed by atoms with Gasteiger partial charge < -0.3 is 4.90 Å². The number of nitrogens with zero attached hydrogens (tertiary/aromatic N) is 4. The second kappa shape index (κ2) is 7.11. The van der Waals surface area contributed by atoms with Crippen molar-refractivity contribution in [3.63, 3.8) is 0 Å². The third-order valence-electron chi connectivity index (χ3n) is 4.04. The monoisotopic (exact) mass is 350 g/mol. The van der Waals surface area contributed by atoms with Crippen LogP contribution in [0.5, 0.6) is 0 Å². The molecule has 24 heavy (non-hydrogen) atoms. The first-order chi connectivity index (χ1) is 11.5. The Labute approximate surface area is 143 Å². The molecular formula is C16H16ClFN4O2. The number of benzene rings is 1. The lowest BCUT2D eigenvalue weighted by atomic mass is 10.2. The number of pyridine rings is 1. The zero-order valence-corrected chi connectivity index (χ0v) is 13.6. The Morgan fingerprint density at radius 1 is 1.21 bits per heavy atom. The van der Waals surface area contributed by atoms with Gasteiger partial charge in [0, 0.05) is 38.9 Å². The number of anilines is 1. The summed E-state index contributed by atoms with van der Waals surface area (Å²) in [4.78, 5) is 18.8. The molecule has 1 aliphatic heterocycles. The smallest absolute Gasteiger partial charge is 0.327 e. The van der Waals surface area contributed by atoms with Gasteiger partial charge >= 0.3 is 5.69 Å². The van der Waals surface area contributed by atoms with Crippen LogP contribution in [0.3, 0.4) is 0 Å². The molecule has 2 aromatic rings. The summed E-state index contributed by atoms with van der Waals surface area (Å²) in [5.74, 6) is -0.801. The highest BCUT2D eigenvalue weighted by atomic mass is 35.5. The lowest BCUT2D eigenvalue weighted by Gasteiger charge is -2.35. The van der Waals surface area contributed by atoms with E-state index in [-0.39, 0.29) is 0 Å². The van der Waals surface area contributed by atoms with Gasteiger partial charge in [-0.25, -0.2) is 0 Å². The van der Waals surface area contributed by atoms with Crippen molar-refractivity contribution < 1.29 is 9.31 Å². The van der Waals surface area contributed by atoms with Crippen molar-refractivity contribution in [2.24, 2.45) is 0 Å². The summed E-state index contributed by atoms with van der Waals surface area (Å²) in [6.45, 7) is 3.32. The number of nitro groups is 1. The maximum absolute atomic E-state index is 13.8. The first-order valence-electron chi connectivity index (χ1n) is 7.55. The van der Waals surface area contributed by atoms with Gasteiger partial charge in [0.2, 0.25) is 5.82 Å². The fourth-order valence-corrected chi connectivity index (χ4v) is 2.93. The third-order valence-corrected chi connectivity index (χ3v) is 4.26. The summed E-state index contributed by atoms with van der Waals surface area (Å²) in [6, 6.07) is 7.89. The van der Waals surface area contributed by atoms with E-state index in [1.54, 1.807) is 18.3 Å². The highest BCUT2D eigenvalue weighted by Crippen LogP contribution is 2.31. The van der Waals surface area contributed by atoms with Gasteiger partial charge in [-0.05, 0) is 24.3 Å². The number of hydrogen-bond donors (Lipinski definition) is 0. The highest BCUT2D eigenvalue weighted by Gasteiger charge is 2.26. The minimum Gasteiger partial charge on any atom is -0.363 e. The quantitative estimate of drug-likeness (QED) is 0.626. The van der Waals surface area contributed by atoms with Crippen molar-refractivity contribution in [3.8, 4) is 0 Å². The van der Waals surface area contributed by atoms with Gasteiger partial charge in [0.1, 0.15) is 5.69 Å². The van der Waals surface area contributed by atoms with Crippen LogP contribution in [0.2, 0.25) is 5.02 Å². The predicted octanol–water partition coefficient (Wildman–Crippen LogP) is 3.10. The van der Waals surface area contributed by atoms with Crippen LogP contribution in [0.1, 0.15) is 5.69 Å². The van der Waals surface area contributed by atoms with E-state index in [2.05, 4.69) is 9.88 Å². The molecular weight excluding hydrogens is 335 g/mol. The summed E-state index contributed by atoms with van der Waals surface area (Å²) in [5, 5.41) is 11.7. The van der Waals surface area contributed by atoms with Crippen LogP contribution in [0, 0.1) is 15.9 Å². The molecule has 0 radical (unpaired) electrons. The van der Waals surface area contributed by atoms with Crippen LogP contribution in [0.15, 0.2) is 36.5 Å². The molecule has 0 N–H and O–H groups in total. The van der Waals surface area contributed by atoms with Crippen molar-refractivity contribution in [1.82, 2.24) is 9.88 Å². The van der Waals surface area contributed by atoms with E-state index in [0.29, 0.717) is 30.3 Å². The van der Waals surface area contributed by atoms with Crippen LogP contribution in [-0.2, 0) is 6.54 Å². The number of piperazine rings is 1. The summed E-state index contributed by atoms with van der Waals surface area (Å²) in [5.41, 5.74) is 0.805. The van der Waals surface area contributed by atoms with Crippen LogP contribution in [-0.4, -0.2) is 41.0 Å². The van der Waals surface area contributed by atoms with E-state index in [4.69, 9.17) is 11.6 Å². The van der Waals surface area contributed by atoms with Crippen molar-refractivity contribution in [1.29, 1.82) is 0 Å². The summed E-state index contributed by atoms with van der Waals surface area (Å²) in [7, 11) is 0. The molecule has 3 rings (SSSR count). The Morgan fingerprint density at radius 3 is 2.58 bits per heavy atom. The molecule has 0 saturated carbocycles. The average molecular weight is 351 g/mol. The molecule has 1 aliphatic rings. The van der Waals surface area contributed by atoms with E-state index in [0.717, 1.165) is 24.8 Å². The molecule has 0 bridgehead atoms. The molecule has 0 aliphatic carbocycles. The van der Waals surface area contributed by atoms with Crippen LogP contribution in [0.4, 0.5) is 15.8 Å². The van der Waals surface area contributed by atoms with Gasteiger partial charge in [-0.15, -0.1) is 0 Å². The molecule has 2 heterocycles. The number of hydrogen-bond acceptors (Lipinski definition) is 5. The maximum atomic E-state index is 13.8. The molecule has 6 nitrogen and oxygen atoms in total. The van der Waals surface area contributed by atoms with E-state index < -0.39 is 16.4 Å². The number of rotatable bonds is 4. The van der Waals surface area contributed by atoms with Crippen molar-refractivity contribution in [2.75, 3.05) is 31.1 Å². The molecule has 0 unspecified atom stereocenters. The lowest BCUT2D eigenvalue weighted by molar-refractivity contribution is -0.386. The van der Waals surface area contributed by atoms with Gasteiger partial charge in [0.05, 0.1) is 15.6 Å². The molecule has 0 spiro atoms. The van der Waals surface area contributed by atoms with Crippen molar-refractivity contribution in [2.45, 2.75) is 6.54 Å². The first kappa shape index (κ1) is 16.6. The van der Waals surface area contributed by atoms with E-state index in [1.165, 1.54) is 6.07 Å². The van der Waals surface area contributed by atoms with Gasteiger partial charge in [-0.2, -0.15) is 4.39 Å². The molecule has 1 aromatic carbocycles. The first-order valence-corrected chi connectivity index (χ1v) is 7.93. The molecule has 0 atom stereocenters. The maximum Gasteiger partial charge on any atom is 0.327 e. The summed E-state index contributed by atoms with van der Waals surface area (Å²) < 4.78 is 13.8. The minimum absolute atomic E-state index is 0.337. The number of halogens is 2. The van der Waals surface area contributed by atoms with Gasteiger partial charge in [0.15, 0.2) is 0 Å². The molecule has 1 aromatic heterocycles. The van der Waals surface area contributed by atoms with E-state index in [9.17, 15) is 14.5 Å². The molecule has 8 heteroatoms. The Morgan fingerprint density at radius 2 is 1.96 bits per heavy atom. The Kier molecular flexibility index (Phi) is 4.92. The average Bonchev–Trinajstić information content (AvgIpc) is 2.57. The standard InChI is InChI=1S/C16H16ClFN4O2/c17-12-4-5-13(19-10-12)11-20-6-8-21(9-7-20)15-3-1-2-14(18)16(15)22(23)24/h1-5,10H,6-9,11H2. The highest BCUT2D eigenvalue weighted by molar-refractivity contribution is 6.30. The number of para-hydroxylation sites is 1. The van der Waals surface area contributed by atoms with Gasteiger partial charge in [-0.3, -0.25) is 20.0 Å². The molecule has 1 saturated heterocycles. The van der Waals surface area contributed by atoms with Crippen LogP contribution < -0.4 is 4.90 Å². The van der Waals surface area contributed by atoms with Gasteiger partial charge in [0.25, 0.3) is 0 Å². The Hall–Kier alpha value is -2.25. The van der Waals surface area contributed by atoms with E-state index >= 15 is 0 Å². The lowest BCUT2D eigenvalue weighted by Crippen LogP contribution is -2.46. The second-order valence-electron chi connectivity index (χ2n) is 5.60. The van der Waals surface area contributed by atoms with Crippen LogP contribution in [0.25, 0.3) is 0 Å². The zero-order valence-electron chi connectivity index (χ0n) is 12.9. The fraction of sp³-hybridized carbons (Fsp3) is 0.312. The minimum atomic E-state index is -0.801. The largest absolute Gasteiger partial charge is 0.363 e. The van der Waals surface area contributed by atoms with Crippen molar-refractivity contribution in [3.05, 3.63) is 63.2 Å². The normalized spacial score (nSPS) is 15.5. The molecule has 126 valence electrons.